The number of aromatic nitrogens is 1. The molecule has 0 saturated heterocycles. The number of nitrogens with zero attached hydrogens (tertiary/aromatic N) is 2. The Morgan fingerprint density at radius 2 is 1.89 bits per heavy atom. The molecule has 4 nitrogen and oxygen atoms in total. The Bertz CT molecular complexity index is 685. The predicted octanol–water partition coefficient (Wildman–Crippen LogP) is 2.46. The van der Waals surface area contributed by atoms with Gasteiger partial charge < -0.3 is 0 Å². The van der Waals surface area contributed by atoms with E-state index in [1.807, 2.05) is 18.2 Å². The number of carbonyl (C=O) groups is 2. The predicted molar refractivity (Wildman–Crippen MR) is 71.2 cm³/mol. The van der Waals surface area contributed by atoms with E-state index in [0.29, 0.717) is 16.4 Å². The van der Waals surface area contributed by atoms with E-state index in [2.05, 4.69) is 4.98 Å². The van der Waals surface area contributed by atoms with Crippen LogP contribution in [0.15, 0.2) is 42.6 Å². The number of Topliss-reactive ketones (excluding diaryl/α,β-unsaturated/α-hetero) is 1. The Morgan fingerprint density at radius 1 is 1.11 bits per heavy atom. The molecule has 5 heteroatoms. The largest absolute Gasteiger partial charge is 0.301 e. The van der Waals surface area contributed by atoms with E-state index in [1.165, 1.54) is 4.90 Å². The number of fused-ring (bicyclic) bond motifs is 1. The third kappa shape index (κ3) is 1.90. The van der Waals surface area contributed by atoms with E-state index in [9.17, 15) is 9.59 Å². The summed E-state index contributed by atoms with van der Waals surface area (Å²) in [6, 6.07) is 10.5. The standard InChI is InChI=1S/C14H9ClN2O2/c15-11-6-2-1-4-9(11)8-17-13-10(5-3-7-16-13)12(18)14(17)19/h1-7H,8H2. The van der Waals surface area contributed by atoms with Crippen LogP contribution in [0.4, 0.5) is 5.82 Å². The van der Waals surface area contributed by atoms with Gasteiger partial charge in [0.25, 0.3) is 5.78 Å². The van der Waals surface area contributed by atoms with E-state index in [4.69, 9.17) is 11.6 Å². The molecule has 0 aliphatic carbocycles. The highest BCUT2D eigenvalue weighted by molar-refractivity contribution is 6.51. The lowest BCUT2D eigenvalue weighted by molar-refractivity contribution is -0.114. The van der Waals surface area contributed by atoms with E-state index in [-0.39, 0.29) is 6.54 Å². The molecule has 0 spiro atoms. The van der Waals surface area contributed by atoms with Crippen LogP contribution < -0.4 is 4.90 Å². The summed E-state index contributed by atoms with van der Waals surface area (Å²) >= 11 is 6.07. The minimum absolute atomic E-state index is 0.244. The number of amides is 1. The number of hydrogen-bond donors (Lipinski definition) is 0. The van der Waals surface area contributed by atoms with Crippen molar-refractivity contribution in [2.45, 2.75) is 6.54 Å². The Labute approximate surface area is 114 Å². The molecule has 1 aliphatic rings. The summed E-state index contributed by atoms with van der Waals surface area (Å²) in [5, 5.41) is 0.562. The number of halogens is 1. The monoisotopic (exact) mass is 272 g/mol. The number of rotatable bonds is 2. The average molecular weight is 273 g/mol. The zero-order chi connectivity index (χ0) is 13.4. The summed E-state index contributed by atoms with van der Waals surface area (Å²) in [5.74, 6) is -0.679. The van der Waals surface area contributed by atoms with Crippen LogP contribution in [-0.2, 0) is 11.3 Å². The summed E-state index contributed by atoms with van der Waals surface area (Å²) in [7, 11) is 0. The van der Waals surface area contributed by atoms with E-state index < -0.39 is 11.7 Å². The van der Waals surface area contributed by atoms with E-state index in [1.54, 1.807) is 24.4 Å². The van der Waals surface area contributed by atoms with Gasteiger partial charge in [0, 0.05) is 11.2 Å². The quantitative estimate of drug-likeness (QED) is 0.789. The maximum atomic E-state index is 12.0. The van der Waals surface area contributed by atoms with Gasteiger partial charge in [0.1, 0.15) is 5.82 Å². The Hall–Kier alpha value is -2.20. The zero-order valence-corrected chi connectivity index (χ0v) is 10.6. The SMILES string of the molecule is O=C1C(=O)N(Cc2ccccc2Cl)c2ncccc21. The second kappa shape index (κ2) is 4.48. The number of benzene rings is 1. The first-order chi connectivity index (χ1) is 9.18. The number of hydrogen-bond acceptors (Lipinski definition) is 3. The fraction of sp³-hybridized carbons (Fsp3) is 0.0714. The van der Waals surface area contributed by atoms with Crippen LogP contribution in [0.1, 0.15) is 15.9 Å². The molecule has 1 aromatic heterocycles. The van der Waals surface area contributed by atoms with Gasteiger partial charge in [-0.2, -0.15) is 0 Å². The molecule has 2 heterocycles. The Balaban J connectivity index is 2.01. The molecule has 0 atom stereocenters. The highest BCUT2D eigenvalue weighted by Crippen LogP contribution is 2.29. The minimum Gasteiger partial charge on any atom is -0.285 e. The Morgan fingerprint density at radius 3 is 2.68 bits per heavy atom. The molecular formula is C14H9ClN2O2. The second-order valence-corrected chi connectivity index (χ2v) is 4.59. The summed E-state index contributed by atoms with van der Waals surface area (Å²) in [6.07, 6.45) is 1.56. The highest BCUT2D eigenvalue weighted by atomic mass is 35.5. The van der Waals surface area contributed by atoms with Gasteiger partial charge in [-0.25, -0.2) is 4.98 Å². The van der Waals surface area contributed by atoms with Crippen LogP contribution in [0.25, 0.3) is 0 Å². The first-order valence-corrected chi connectivity index (χ1v) is 6.11. The number of pyridine rings is 1. The van der Waals surface area contributed by atoms with Crippen molar-refractivity contribution < 1.29 is 9.59 Å². The summed E-state index contributed by atoms with van der Waals surface area (Å²) in [5.41, 5.74) is 1.13. The smallest absolute Gasteiger partial charge is 0.285 e. The number of carbonyl (C=O) groups excluding carboxylic acids is 2. The van der Waals surface area contributed by atoms with Crippen molar-refractivity contribution in [3.8, 4) is 0 Å². The molecule has 0 bridgehead atoms. The zero-order valence-electron chi connectivity index (χ0n) is 9.84. The van der Waals surface area contributed by atoms with E-state index in [0.717, 1.165) is 5.56 Å². The molecule has 0 fully saturated rings. The topological polar surface area (TPSA) is 50.3 Å². The van der Waals surface area contributed by atoms with E-state index >= 15 is 0 Å². The van der Waals surface area contributed by atoms with Gasteiger partial charge in [-0.05, 0) is 23.8 Å². The van der Waals surface area contributed by atoms with Gasteiger partial charge in [-0.3, -0.25) is 14.5 Å². The van der Waals surface area contributed by atoms with Crippen molar-refractivity contribution in [2.75, 3.05) is 4.90 Å². The molecule has 19 heavy (non-hydrogen) atoms. The number of anilines is 1. The van der Waals surface area contributed by atoms with Crippen LogP contribution in [0.3, 0.4) is 0 Å². The fourth-order valence-corrected chi connectivity index (χ4v) is 2.26. The molecule has 2 aromatic rings. The average Bonchev–Trinajstić information content (AvgIpc) is 2.67. The molecule has 1 aromatic carbocycles. The molecule has 3 rings (SSSR count). The maximum absolute atomic E-state index is 12.0. The third-order valence-corrected chi connectivity index (χ3v) is 3.38. The molecular weight excluding hydrogens is 264 g/mol. The van der Waals surface area contributed by atoms with Crippen LogP contribution in [0.2, 0.25) is 5.02 Å². The molecule has 1 amide bonds. The molecule has 0 saturated carbocycles. The van der Waals surface area contributed by atoms with Crippen molar-refractivity contribution in [2.24, 2.45) is 0 Å². The minimum atomic E-state index is -0.561. The van der Waals surface area contributed by atoms with Crippen molar-refractivity contribution >= 4 is 29.1 Å². The van der Waals surface area contributed by atoms with Crippen molar-refractivity contribution in [1.82, 2.24) is 4.98 Å². The maximum Gasteiger partial charge on any atom is 0.301 e. The van der Waals surface area contributed by atoms with Crippen molar-refractivity contribution in [3.05, 3.63) is 58.7 Å². The van der Waals surface area contributed by atoms with Gasteiger partial charge >= 0.3 is 5.91 Å². The van der Waals surface area contributed by atoms with Crippen LogP contribution >= 0.6 is 11.6 Å². The van der Waals surface area contributed by atoms with Gasteiger partial charge in [-0.15, -0.1) is 0 Å². The molecule has 1 aliphatic heterocycles. The molecule has 94 valence electrons. The normalized spacial score (nSPS) is 13.8. The first-order valence-electron chi connectivity index (χ1n) is 5.73. The summed E-state index contributed by atoms with van der Waals surface area (Å²) in [4.78, 5) is 29.3. The van der Waals surface area contributed by atoms with Gasteiger partial charge in [-0.1, -0.05) is 29.8 Å². The third-order valence-electron chi connectivity index (χ3n) is 3.01. The van der Waals surface area contributed by atoms with Crippen molar-refractivity contribution in [3.63, 3.8) is 0 Å². The fourth-order valence-electron chi connectivity index (χ4n) is 2.07. The second-order valence-electron chi connectivity index (χ2n) is 4.19. The van der Waals surface area contributed by atoms with Gasteiger partial charge in [0.05, 0.1) is 12.1 Å². The number of ketones is 1. The molecule has 0 unspecified atom stereocenters. The molecule has 0 radical (unpaired) electrons. The lowest BCUT2D eigenvalue weighted by Crippen LogP contribution is -2.29. The lowest BCUT2D eigenvalue weighted by Gasteiger charge is -2.16. The van der Waals surface area contributed by atoms with Gasteiger partial charge in [0.15, 0.2) is 0 Å². The lowest BCUT2D eigenvalue weighted by atomic mass is 10.2. The highest BCUT2D eigenvalue weighted by Gasteiger charge is 2.36. The van der Waals surface area contributed by atoms with Crippen molar-refractivity contribution in [1.29, 1.82) is 0 Å². The van der Waals surface area contributed by atoms with Gasteiger partial charge in [0.2, 0.25) is 0 Å². The van der Waals surface area contributed by atoms with Crippen LogP contribution in [0, 0.1) is 0 Å². The molecule has 0 N–H and O–H groups in total. The summed E-state index contributed by atoms with van der Waals surface area (Å²) in [6.45, 7) is 0.244. The summed E-state index contributed by atoms with van der Waals surface area (Å²) < 4.78 is 0. The Kier molecular flexibility index (Phi) is 2.80. The van der Waals surface area contributed by atoms with Crippen LogP contribution in [0.5, 0.6) is 0 Å². The van der Waals surface area contributed by atoms with Crippen LogP contribution in [-0.4, -0.2) is 16.7 Å². The first kappa shape index (κ1) is 11.9.